The van der Waals surface area contributed by atoms with Crippen LogP contribution in [0.25, 0.3) is 0 Å². The maximum absolute atomic E-state index is 12.0. The van der Waals surface area contributed by atoms with E-state index in [0.717, 1.165) is 37.4 Å². The second kappa shape index (κ2) is 20.7. The summed E-state index contributed by atoms with van der Waals surface area (Å²) in [6, 6.07) is 0. The van der Waals surface area contributed by atoms with E-state index in [-0.39, 0.29) is 12.1 Å². The number of unbranched alkanes of at least 4 members (excludes halogenated alkanes) is 10. The molecule has 0 N–H and O–H groups in total. The molecule has 0 aromatic carbocycles. The molecule has 0 spiro atoms. The van der Waals surface area contributed by atoms with Gasteiger partial charge in [0.1, 0.15) is 6.10 Å². The predicted molar refractivity (Wildman–Crippen MR) is 118 cm³/mol. The van der Waals surface area contributed by atoms with Crippen LogP contribution in [0.1, 0.15) is 103 Å². The first kappa shape index (κ1) is 25.4. The standard InChI is InChI=1S/C23H41BrO2/c1-3-5-7-9-11-13-15-18-22(26-23(25)20-17-21-24)19-16-14-12-10-8-6-4-2/h3-4,22H,1-2,5-21H2. The van der Waals surface area contributed by atoms with Crippen molar-refractivity contribution >= 4 is 21.9 Å². The van der Waals surface area contributed by atoms with Crippen molar-refractivity contribution in [3.05, 3.63) is 25.3 Å². The van der Waals surface area contributed by atoms with Gasteiger partial charge in [0, 0.05) is 11.8 Å². The zero-order chi connectivity index (χ0) is 19.3. The van der Waals surface area contributed by atoms with Crippen LogP contribution in [0.2, 0.25) is 0 Å². The molecule has 0 unspecified atom stereocenters. The van der Waals surface area contributed by atoms with Crippen LogP contribution in [0.5, 0.6) is 0 Å². The molecular weight excluding hydrogens is 388 g/mol. The van der Waals surface area contributed by atoms with Crippen LogP contribution < -0.4 is 0 Å². The number of ether oxygens (including phenoxy) is 1. The molecule has 0 aliphatic heterocycles. The average molecular weight is 429 g/mol. The first-order chi connectivity index (χ1) is 12.7. The molecule has 0 fully saturated rings. The predicted octanol–water partition coefficient (Wildman–Crippen LogP) is 7.91. The number of hydrogen-bond donors (Lipinski definition) is 0. The minimum atomic E-state index is -0.0218. The third kappa shape index (κ3) is 18.2. The molecule has 26 heavy (non-hydrogen) atoms. The molecule has 0 aliphatic carbocycles. The fourth-order valence-electron chi connectivity index (χ4n) is 3.10. The highest BCUT2D eigenvalue weighted by molar-refractivity contribution is 9.09. The van der Waals surface area contributed by atoms with E-state index in [2.05, 4.69) is 29.1 Å². The second-order valence-electron chi connectivity index (χ2n) is 7.17. The van der Waals surface area contributed by atoms with Gasteiger partial charge < -0.3 is 4.74 Å². The number of allylic oxidation sites excluding steroid dienone is 2. The van der Waals surface area contributed by atoms with Gasteiger partial charge in [0.25, 0.3) is 0 Å². The van der Waals surface area contributed by atoms with Gasteiger partial charge in [-0.05, 0) is 57.8 Å². The molecule has 0 amide bonds. The maximum atomic E-state index is 12.0. The Morgan fingerprint density at radius 2 is 1.23 bits per heavy atom. The van der Waals surface area contributed by atoms with Crippen LogP contribution in [0, 0.1) is 0 Å². The number of carbonyl (C=O) groups is 1. The van der Waals surface area contributed by atoms with Gasteiger partial charge in [0.15, 0.2) is 0 Å². The molecule has 0 saturated heterocycles. The summed E-state index contributed by atoms with van der Waals surface area (Å²) in [5.41, 5.74) is 0. The Morgan fingerprint density at radius 3 is 1.69 bits per heavy atom. The van der Waals surface area contributed by atoms with Crippen molar-refractivity contribution in [3.8, 4) is 0 Å². The van der Waals surface area contributed by atoms with Crippen molar-refractivity contribution in [3.63, 3.8) is 0 Å². The van der Waals surface area contributed by atoms with E-state index in [1.807, 2.05) is 12.2 Å². The third-order valence-corrected chi connectivity index (χ3v) is 5.24. The smallest absolute Gasteiger partial charge is 0.306 e. The van der Waals surface area contributed by atoms with Gasteiger partial charge in [-0.25, -0.2) is 0 Å². The highest BCUT2D eigenvalue weighted by Gasteiger charge is 2.14. The number of rotatable bonds is 20. The zero-order valence-electron chi connectivity index (χ0n) is 16.9. The number of hydrogen-bond acceptors (Lipinski definition) is 2. The summed E-state index contributed by atoms with van der Waals surface area (Å²) in [5, 5.41) is 0.863. The summed E-state index contributed by atoms with van der Waals surface area (Å²) in [7, 11) is 0. The van der Waals surface area contributed by atoms with Crippen LogP contribution in [-0.2, 0) is 9.53 Å². The lowest BCUT2D eigenvalue weighted by molar-refractivity contribution is -0.149. The zero-order valence-corrected chi connectivity index (χ0v) is 18.4. The number of halogens is 1. The highest BCUT2D eigenvalue weighted by atomic mass is 79.9. The van der Waals surface area contributed by atoms with Crippen LogP contribution >= 0.6 is 15.9 Å². The molecule has 0 saturated carbocycles. The van der Waals surface area contributed by atoms with Crippen molar-refractivity contribution in [1.82, 2.24) is 0 Å². The summed E-state index contributed by atoms with van der Waals surface area (Å²) < 4.78 is 5.76. The molecule has 0 aromatic heterocycles. The molecule has 0 aliphatic rings. The van der Waals surface area contributed by atoms with Gasteiger partial charge in [-0.1, -0.05) is 66.6 Å². The molecule has 0 aromatic rings. The van der Waals surface area contributed by atoms with Crippen LogP contribution in [-0.4, -0.2) is 17.4 Å². The fourth-order valence-corrected chi connectivity index (χ4v) is 3.38. The van der Waals surface area contributed by atoms with Gasteiger partial charge in [0.05, 0.1) is 0 Å². The summed E-state index contributed by atoms with van der Waals surface area (Å²) in [5.74, 6) is -0.0218. The maximum Gasteiger partial charge on any atom is 0.306 e. The van der Waals surface area contributed by atoms with Crippen molar-refractivity contribution in [2.24, 2.45) is 0 Å². The van der Waals surface area contributed by atoms with Gasteiger partial charge in [-0.15, -0.1) is 13.2 Å². The monoisotopic (exact) mass is 428 g/mol. The van der Waals surface area contributed by atoms with Crippen molar-refractivity contribution < 1.29 is 9.53 Å². The Morgan fingerprint density at radius 1 is 0.769 bits per heavy atom. The first-order valence-electron chi connectivity index (χ1n) is 10.7. The van der Waals surface area contributed by atoms with E-state index in [0.29, 0.717) is 6.42 Å². The Hall–Kier alpha value is -0.570. The molecule has 0 atom stereocenters. The number of alkyl halides is 1. The lowest BCUT2D eigenvalue weighted by Gasteiger charge is -2.18. The van der Waals surface area contributed by atoms with Crippen molar-refractivity contribution in [2.45, 2.75) is 109 Å². The van der Waals surface area contributed by atoms with E-state index in [4.69, 9.17) is 4.74 Å². The normalized spacial score (nSPS) is 10.8. The topological polar surface area (TPSA) is 26.3 Å². The third-order valence-electron chi connectivity index (χ3n) is 4.68. The van der Waals surface area contributed by atoms with E-state index in [9.17, 15) is 4.79 Å². The van der Waals surface area contributed by atoms with E-state index >= 15 is 0 Å². The highest BCUT2D eigenvalue weighted by Crippen LogP contribution is 2.17. The van der Waals surface area contributed by atoms with Gasteiger partial charge in [-0.2, -0.15) is 0 Å². The molecule has 0 heterocycles. The van der Waals surface area contributed by atoms with Gasteiger partial charge in [-0.3, -0.25) is 4.79 Å². The Bertz CT molecular complexity index is 319. The van der Waals surface area contributed by atoms with E-state index < -0.39 is 0 Å². The molecule has 3 heteroatoms. The Labute approximate surface area is 171 Å². The lowest BCUT2D eigenvalue weighted by Crippen LogP contribution is -2.18. The Balaban J connectivity index is 3.94. The molecule has 0 rings (SSSR count). The minimum absolute atomic E-state index is 0.0218. The average Bonchev–Trinajstić information content (AvgIpc) is 2.64. The second-order valence-corrected chi connectivity index (χ2v) is 7.96. The fraction of sp³-hybridized carbons (Fsp3) is 0.783. The van der Waals surface area contributed by atoms with Crippen molar-refractivity contribution in [2.75, 3.05) is 5.33 Å². The van der Waals surface area contributed by atoms with Crippen LogP contribution in [0.15, 0.2) is 25.3 Å². The van der Waals surface area contributed by atoms with Gasteiger partial charge >= 0.3 is 5.97 Å². The quantitative estimate of drug-likeness (QED) is 0.0851. The number of carbonyl (C=O) groups excluding carboxylic acids is 1. The molecule has 0 radical (unpaired) electrons. The summed E-state index contributed by atoms with van der Waals surface area (Å²) in [6.45, 7) is 7.53. The number of esters is 1. The molecular formula is C23H41BrO2. The van der Waals surface area contributed by atoms with E-state index in [1.54, 1.807) is 0 Å². The first-order valence-corrected chi connectivity index (χ1v) is 11.8. The summed E-state index contributed by atoms with van der Waals surface area (Å²) in [6.07, 6.45) is 22.3. The Kier molecular flexibility index (Phi) is 20.3. The molecule has 0 bridgehead atoms. The lowest BCUT2D eigenvalue weighted by atomic mass is 10.0. The molecule has 2 nitrogen and oxygen atoms in total. The molecule has 152 valence electrons. The minimum Gasteiger partial charge on any atom is -0.462 e. The summed E-state index contributed by atoms with van der Waals surface area (Å²) >= 11 is 3.38. The van der Waals surface area contributed by atoms with Crippen molar-refractivity contribution in [1.29, 1.82) is 0 Å². The summed E-state index contributed by atoms with van der Waals surface area (Å²) in [4.78, 5) is 12.0. The van der Waals surface area contributed by atoms with E-state index in [1.165, 1.54) is 64.2 Å². The van der Waals surface area contributed by atoms with Gasteiger partial charge in [0.2, 0.25) is 0 Å². The van der Waals surface area contributed by atoms with Crippen LogP contribution in [0.3, 0.4) is 0 Å². The largest absolute Gasteiger partial charge is 0.462 e. The van der Waals surface area contributed by atoms with Crippen LogP contribution in [0.4, 0.5) is 0 Å². The SMILES string of the molecule is C=CCCCCCCCC(CCCCCCCC=C)OC(=O)CCCBr.